The molecule has 1 aromatic rings. The fourth-order valence-corrected chi connectivity index (χ4v) is 2.73. The largest absolute Gasteiger partial charge is 0.465 e. The third-order valence-electron chi connectivity index (χ3n) is 3.97. The minimum atomic E-state index is -4.49. The fourth-order valence-electron chi connectivity index (χ4n) is 2.73. The Bertz CT molecular complexity index is 552. The van der Waals surface area contributed by atoms with E-state index in [9.17, 15) is 18.0 Å². The smallest absolute Gasteiger partial charge is 0.408 e. The van der Waals surface area contributed by atoms with Gasteiger partial charge in [-0.05, 0) is 18.1 Å². The molecule has 2 atom stereocenters. The van der Waals surface area contributed by atoms with E-state index in [0.717, 1.165) is 11.1 Å². The summed E-state index contributed by atoms with van der Waals surface area (Å²) in [6.45, 7) is 0.174. The number of nitrogens with two attached hydrogens (primary N) is 1. The van der Waals surface area contributed by atoms with Gasteiger partial charge in [-0.1, -0.05) is 6.07 Å². The minimum Gasteiger partial charge on any atom is -0.465 e. The molecule has 1 aliphatic rings. The third-order valence-corrected chi connectivity index (χ3v) is 3.97. The molecule has 0 aromatic carbocycles. The number of alkyl halides is 3. The normalized spacial score (nSPS) is 20.3. The summed E-state index contributed by atoms with van der Waals surface area (Å²) < 4.78 is 40.5. The van der Waals surface area contributed by atoms with Crippen LogP contribution in [0.5, 0.6) is 0 Å². The summed E-state index contributed by atoms with van der Waals surface area (Å²) in [6, 6.07) is 0.392. The molecule has 0 spiro atoms. The number of pyridine rings is 1. The molecule has 1 aliphatic heterocycles. The number of anilines is 1. The summed E-state index contributed by atoms with van der Waals surface area (Å²) in [5, 5.41) is 8.96. The Morgan fingerprint density at radius 2 is 2.26 bits per heavy atom. The second-order valence-corrected chi connectivity index (χ2v) is 5.40. The minimum absolute atomic E-state index is 0.00451. The fraction of sp³-hybridized carbons (Fsp3) is 0.538. The lowest BCUT2D eigenvalue weighted by Gasteiger charge is -2.30. The molecule has 10 heteroatoms. The number of carboxylic acid groups (broad SMARTS) is 1. The quantitative estimate of drug-likeness (QED) is 0.573. The van der Waals surface area contributed by atoms with Gasteiger partial charge in [-0.25, -0.2) is 15.6 Å². The number of carbonyl (C=O) groups is 1. The standard InChI is InChI=1S/C13H18F3N5O2/c1-20(12(22)23)9-4-5-21(7-9)11(13(14,15)16)8-2-3-10(19-17)18-6-8/h2-3,6,9,11H,4-5,7,17H2,1H3,(H,18,19)(H,22,23)/t9-,11-/m1/s1. The van der Waals surface area contributed by atoms with Crippen molar-refractivity contribution >= 4 is 11.9 Å². The van der Waals surface area contributed by atoms with E-state index in [0.29, 0.717) is 6.42 Å². The summed E-state index contributed by atoms with van der Waals surface area (Å²) in [5.41, 5.74) is 2.25. The Balaban J connectivity index is 2.21. The van der Waals surface area contributed by atoms with Crippen LogP contribution in [-0.2, 0) is 0 Å². The second-order valence-electron chi connectivity index (χ2n) is 5.40. The van der Waals surface area contributed by atoms with Crippen molar-refractivity contribution in [2.75, 3.05) is 25.6 Å². The van der Waals surface area contributed by atoms with Crippen molar-refractivity contribution in [2.24, 2.45) is 5.84 Å². The van der Waals surface area contributed by atoms with Crippen LogP contribution in [-0.4, -0.2) is 58.3 Å². The maximum atomic E-state index is 13.5. The van der Waals surface area contributed by atoms with E-state index in [4.69, 9.17) is 10.9 Å². The van der Waals surface area contributed by atoms with Gasteiger partial charge < -0.3 is 15.4 Å². The van der Waals surface area contributed by atoms with Crippen LogP contribution in [0, 0.1) is 0 Å². The topological polar surface area (TPSA) is 94.7 Å². The highest BCUT2D eigenvalue weighted by atomic mass is 19.4. The van der Waals surface area contributed by atoms with E-state index >= 15 is 0 Å². The molecule has 0 bridgehead atoms. The lowest BCUT2D eigenvalue weighted by atomic mass is 10.1. The van der Waals surface area contributed by atoms with Gasteiger partial charge in [0.05, 0.1) is 0 Å². The molecular weight excluding hydrogens is 315 g/mol. The number of nitrogens with one attached hydrogen (secondary N) is 1. The molecule has 4 N–H and O–H groups in total. The van der Waals surface area contributed by atoms with Gasteiger partial charge >= 0.3 is 12.3 Å². The summed E-state index contributed by atoms with van der Waals surface area (Å²) in [4.78, 5) is 17.1. The monoisotopic (exact) mass is 333 g/mol. The number of likely N-dealkylation sites (tertiary alicyclic amines) is 1. The van der Waals surface area contributed by atoms with Crippen molar-refractivity contribution in [3.8, 4) is 0 Å². The third kappa shape index (κ3) is 3.82. The molecule has 1 saturated heterocycles. The predicted molar refractivity (Wildman–Crippen MR) is 76.6 cm³/mol. The Morgan fingerprint density at radius 1 is 1.57 bits per heavy atom. The first-order chi connectivity index (χ1) is 10.7. The van der Waals surface area contributed by atoms with Gasteiger partial charge in [-0.15, -0.1) is 0 Å². The first-order valence-electron chi connectivity index (χ1n) is 6.93. The first kappa shape index (κ1) is 17.3. The molecule has 1 aromatic heterocycles. The van der Waals surface area contributed by atoms with E-state index in [1.165, 1.54) is 24.1 Å². The van der Waals surface area contributed by atoms with Gasteiger partial charge in [0.25, 0.3) is 0 Å². The second kappa shape index (κ2) is 6.59. The number of nitrogens with zero attached hydrogens (tertiary/aromatic N) is 3. The van der Waals surface area contributed by atoms with E-state index in [2.05, 4.69) is 10.4 Å². The Hall–Kier alpha value is -2.07. The lowest BCUT2D eigenvalue weighted by molar-refractivity contribution is -0.184. The van der Waals surface area contributed by atoms with Crippen LogP contribution in [0.3, 0.4) is 0 Å². The Morgan fingerprint density at radius 3 is 2.74 bits per heavy atom. The van der Waals surface area contributed by atoms with Crippen LogP contribution >= 0.6 is 0 Å². The van der Waals surface area contributed by atoms with E-state index in [-0.39, 0.29) is 24.5 Å². The summed E-state index contributed by atoms with van der Waals surface area (Å²) in [5.74, 6) is 5.42. The number of rotatable bonds is 4. The van der Waals surface area contributed by atoms with Crippen LogP contribution in [0.15, 0.2) is 18.3 Å². The average molecular weight is 333 g/mol. The van der Waals surface area contributed by atoms with Crippen LogP contribution in [0.1, 0.15) is 18.0 Å². The number of halogens is 3. The van der Waals surface area contributed by atoms with Crippen molar-refractivity contribution in [2.45, 2.75) is 24.7 Å². The number of hydrazine groups is 1. The molecule has 0 unspecified atom stereocenters. The molecule has 0 saturated carbocycles. The van der Waals surface area contributed by atoms with Gasteiger partial charge in [0.2, 0.25) is 0 Å². The lowest BCUT2D eigenvalue weighted by Crippen LogP contribution is -2.41. The highest BCUT2D eigenvalue weighted by Crippen LogP contribution is 2.39. The molecule has 1 amide bonds. The van der Waals surface area contributed by atoms with Crippen molar-refractivity contribution in [1.82, 2.24) is 14.8 Å². The van der Waals surface area contributed by atoms with Crippen molar-refractivity contribution in [3.05, 3.63) is 23.9 Å². The number of likely N-dealkylation sites (N-methyl/N-ethyl adjacent to an activating group) is 1. The number of hydrogen-bond acceptors (Lipinski definition) is 5. The van der Waals surface area contributed by atoms with Crippen LogP contribution in [0.25, 0.3) is 0 Å². The van der Waals surface area contributed by atoms with Crippen LogP contribution in [0.2, 0.25) is 0 Å². The zero-order valence-electron chi connectivity index (χ0n) is 12.4. The number of aromatic nitrogens is 1. The zero-order valence-corrected chi connectivity index (χ0v) is 12.4. The summed E-state index contributed by atoms with van der Waals surface area (Å²) >= 11 is 0. The molecular formula is C13H18F3N5O2. The van der Waals surface area contributed by atoms with E-state index < -0.39 is 24.4 Å². The number of hydrogen-bond donors (Lipinski definition) is 3. The Labute approximate surface area is 130 Å². The van der Waals surface area contributed by atoms with Gasteiger partial charge in [0.15, 0.2) is 0 Å². The van der Waals surface area contributed by atoms with Gasteiger partial charge in [0.1, 0.15) is 11.9 Å². The van der Waals surface area contributed by atoms with Crippen LogP contribution in [0.4, 0.5) is 23.8 Å². The van der Waals surface area contributed by atoms with E-state index in [1.54, 1.807) is 0 Å². The van der Waals surface area contributed by atoms with Crippen molar-refractivity contribution in [3.63, 3.8) is 0 Å². The SMILES string of the molecule is CN(C(=O)O)[C@@H]1CCN([C@H](c2ccc(NN)nc2)C(F)(F)F)C1. The summed E-state index contributed by atoms with van der Waals surface area (Å²) in [6.07, 6.45) is -4.16. The highest BCUT2D eigenvalue weighted by molar-refractivity contribution is 5.65. The highest BCUT2D eigenvalue weighted by Gasteiger charge is 2.47. The van der Waals surface area contributed by atoms with Crippen molar-refractivity contribution < 1.29 is 23.1 Å². The molecule has 0 aliphatic carbocycles. The molecule has 0 radical (unpaired) electrons. The molecule has 2 rings (SSSR count). The zero-order chi connectivity index (χ0) is 17.2. The van der Waals surface area contributed by atoms with Crippen molar-refractivity contribution in [1.29, 1.82) is 0 Å². The number of amides is 1. The Kier molecular flexibility index (Phi) is 4.95. The van der Waals surface area contributed by atoms with Crippen LogP contribution < -0.4 is 11.3 Å². The number of nitrogen functional groups attached to an aromatic ring is 1. The van der Waals surface area contributed by atoms with Gasteiger partial charge in [0, 0.05) is 32.4 Å². The maximum absolute atomic E-state index is 13.5. The average Bonchev–Trinajstić information content (AvgIpc) is 2.95. The predicted octanol–water partition coefficient (Wildman–Crippen LogP) is 1.65. The molecule has 7 nitrogen and oxygen atoms in total. The van der Waals surface area contributed by atoms with Gasteiger partial charge in [-0.2, -0.15) is 13.2 Å². The molecule has 128 valence electrons. The molecule has 2 heterocycles. The molecule has 1 fully saturated rings. The molecule has 23 heavy (non-hydrogen) atoms. The summed E-state index contributed by atoms with van der Waals surface area (Å²) in [7, 11) is 1.36. The van der Waals surface area contributed by atoms with Gasteiger partial charge in [-0.3, -0.25) is 4.90 Å². The van der Waals surface area contributed by atoms with E-state index in [1.807, 2.05) is 0 Å². The maximum Gasteiger partial charge on any atom is 0.408 e. The first-order valence-corrected chi connectivity index (χ1v) is 6.93.